The third kappa shape index (κ3) is 7.84. The molecule has 2 amide bonds. The Kier molecular flexibility index (Phi) is 9.75. The highest BCUT2D eigenvalue weighted by molar-refractivity contribution is 9.10. The molecule has 0 heterocycles. The van der Waals surface area contributed by atoms with E-state index < -0.39 is 6.04 Å². The summed E-state index contributed by atoms with van der Waals surface area (Å²) in [5, 5.41) is 3.39. The van der Waals surface area contributed by atoms with Crippen molar-refractivity contribution < 1.29 is 14.3 Å². The van der Waals surface area contributed by atoms with Gasteiger partial charge in [-0.05, 0) is 55.7 Å². The van der Waals surface area contributed by atoms with Crippen molar-refractivity contribution in [2.24, 2.45) is 0 Å². The van der Waals surface area contributed by atoms with Crippen LogP contribution in [-0.4, -0.2) is 35.4 Å². The summed E-state index contributed by atoms with van der Waals surface area (Å²) in [7, 11) is 0. The highest BCUT2D eigenvalue weighted by Gasteiger charge is 2.31. The van der Waals surface area contributed by atoms with Gasteiger partial charge in [0.15, 0.2) is 6.61 Å². The Morgan fingerprint density at radius 1 is 1.03 bits per heavy atom. The summed E-state index contributed by atoms with van der Waals surface area (Å²) in [5.74, 6) is -0.0927. The van der Waals surface area contributed by atoms with Crippen LogP contribution >= 0.6 is 27.5 Å². The molecule has 1 unspecified atom stereocenters. The smallest absolute Gasteiger partial charge is 0.261 e. The molecule has 7 heteroatoms. The van der Waals surface area contributed by atoms with Crippen molar-refractivity contribution in [2.45, 2.75) is 45.8 Å². The molecule has 0 spiro atoms. The van der Waals surface area contributed by atoms with Crippen LogP contribution in [0.15, 0.2) is 77.3 Å². The Hall–Kier alpha value is -2.83. The predicted molar refractivity (Wildman–Crippen MR) is 144 cm³/mol. The van der Waals surface area contributed by atoms with Crippen LogP contribution in [0.25, 0.3) is 0 Å². The van der Waals surface area contributed by atoms with Gasteiger partial charge in [-0.15, -0.1) is 0 Å². The summed E-state index contributed by atoms with van der Waals surface area (Å²) in [6.45, 7) is 5.85. The van der Waals surface area contributed by atoms with E-state index in [1.54, 1.807) is 23.1 Å². The lowest BCUT2D eigenvalue weighted by atomic mass is 10.0. The van der Waals surface area contributed by atoms with Crippen LogP contribution in [0.5, 0.6) is 5.75 Å². The number of aryl methyl sites for hydroxylation is 1. The third-order valence-electron chi connectivity index (χ3n) is 5.55. The number of hydrogen-bond donors (Lipinski definition) is 1. The van der Waals surface area contributed by atoms with E-state index in [1.165, 1.54) is 0 Å². The van der Waals surface area contributed by atoms with Gasteiger partial charge in [-0.1, -0.05) is 82.1 Å². The van der Waals surface area contributed by atoms with E-state index in [1.807, 2.05) is 75.4 Å². The van der Waals surface area contributed by atoms with Gasteiger partial charge in [-0.25, -0.2) is 0 Å². The second kappa shape index (κ2) is 12.8. The average molecular weight is 558 g/mol. The van der Waals surface area contributed by atoms with E-state index >= 15 is 0 Å². The molecule has 0 radical (unpaired) electrons. The topological polar surface area (TPSA) is 58.6 Å². The molecule has 0 saturated heterocycles. The minimum absolute atomic E-state index is 0.0611. The third-order valence-corrected chi connectivity index (χ3v) is 6.34. The molecule has 0 aliphatic heterocycles. The number of halogens is 2. The maximum Gasteiger partial charge on any atom is 0.261 e. The molecule has 3 aromatic rings. The Morgan fingerprint density at radius 3 is 2.37 bits per heavy atom. The lowest BCUT2D eigenvalue weighted by Gasteiger charge is -2.32. The Morgan fingerprint density at radius 2 is 1.71 bits per heavy atom. The maximum atomic E-state index is 13.6. The van der Waals surface area contributed by atoms with Gasteiger partial charge in [0.05, 0.1) is 5.02 Å². The SMILES string of the molecule is Cc1ccccc1CN(C(=O)COc1ccc(Br)cc1Cl)C(Cc1ccccc1)C(=O)NC(C)C. The van der Waals surface area contributed by atoms with E-state index in [9.17, 15) is 9.59 Å². The largest absolute Gasteiger partial charge is 0.482 e. The Balaban J connectivity index is 1.93. The lowest BCUT2D eigenvalue weighted by Crippen LogP contribution is -2.52. The first-order valence-electron chi connectivity index (χ1n) is 11.5. The van der Waals surface area contributed by atoms with Crippen LogP contribution in [0.4, 0.5) is 0 Å². The molecule has 35 heavy (non-hydrogen) atoms. The number of nitrogens with zero attached hydrogens (tertiary/aromatic N) is 1. The van der Waals surface area contributed by atoms with E-state index in [4.69, 9.17) is 16.3 Å². The fourth-order valence-electron chi connectivity index (χ4n) is 3.72. The summed E-state index contributed by atoms with van der Waals surface area (Å²) in [4.78, 5) is 28.6. The Labute approximate surface area is 220 Å². The average Bonchev–Trinajstić information content (AvgIpc) is 2.82. The van der Waals surface area contributed by atoms with Gasteiger partial charge in [0, 0.05) is 23.5 Å². The first-order chi connectivity index (χ1) is 16.7. The molecule has 1 atom stereocenters. The number of carbonyl (C=O) groups excluding carboxylic acids is 2. The molecule has 0 bridgehead atoms. The van der Waals surface area contributed by atoms with Crippen molar-refractivity contribution >= 4 is 39.3 Å². The highest BCUT2D eigenvalue weighted by atomic mass is 79.9. The van der Waals surface area contributed by atoms with Crippen molar-refractivity contribution in [3.05, 3.63) is 99.0 Å². The van der Waals surface area contributed by atoms with Crippen LogP contribution in [0.1, 0.15) is 30.5 Å². The van der Waals surface area contributed by atoms with Crippen molar-refractivity contribution in [3.8, 4) is 5.75 Å². The van der Waals surface area contributed by atoms with Crippen LogP contribution in [0.2, 0.25) is 5.02 Å². The van der Waals surface area contributed by atoms with Crippen molar-refractivity contribution in [3.63, 3.8) is 0 Å². The van der Waals surface area contributed by atoms with Gasteiger partial charge in [-0.3, -0.25) is 9.59 Å². The number of nitrogens with one attached hydrogen (secondary N) is 1. The van der Waals surface area contributed by atoms with E-state index in [0.717, 1.165) is 21.2 Å². The molecule has 1 N–H and O–H groups in total. The van der Waals surface area contributed by atoms with Crippen molar-refractivity contribution in [1.29, 1.82) is 0 Å². The molecular weight excluding hydrogens is 528 g/mol. The fraction of sp³-hybridized carbons (Fsp3) is 0.286. The molecule has 5 nitrogen and oxygen atoms in total. The Bertz CT molecular complexity index is 1150. The molecule has 184 valence electrons. The lowest BCUT2D eigenvalue weighted by molar-refractivity contribution is -0.143. The first-order valence-corrected chi connectivity index (χ1v) is 12.7. The quantitative estimate of drug-likeness (QED) is 0.335. The molecule has 3 aromatic carbocycles. The monoisotopic (exact) mass is 556 g/mol. The second-order valence-electron chi connectivity index (χ2n) is 8.68. The number of rotatable bonds is 10. The number of amides is 2. The molecule has 0 fully saturated rings. The van der Waals surface area contributed by atoms with Gasteiger partial charge < -0.3 is 15.0 Å². The van der Waals surface area contributed by atoms with Crippen LogP contribution in [0, 0.1) is 6.92 Å². The number of carbonyl (C=O) groups is 2. The van der Waals surface area contributed by atoms with Gasteiger partial charge >= 0.3 is 0 Å². The highest BCUT2D eigenvalue weighted by Crippen LogP contribution is 2.28. The standard InChI is InChI=1S/C28H30BrClN2O3/c1-19(2)31-28(34)25(15-21-10-5-4-6-11-21)32(17-22-12-8-7-9-20(22)3)27(33)18-35-26-14-13-23(29)16-24(26)30/h4-14,16,19,25H,15,17-18H2,1-3H3,(H,31,34). The van der Waals surface area contributed by atoms with Crippen LogP contribution in [-0.2, 0) is 22.6 Å². The number of ether oxygens (including phenoxy) is 1. The first kappa shape index (κ1) is 26.8. The molecule has 0 aliphatic carbocycles. The van der Waals surface area contributed by atoms with Crippen LogP contribution in [0.3, 0.4) is 0 Å². The summed E-state index contributed by atoms with van der Waals surface area (Å²) in [6.07, 6.45) is 0.385. The zero-order chi connectivity index (χ0) is 25.4. The van der Waals surface area contributed by atoms with Crippen molar-refractivity contribution in [1.82, 2.24) is 10.2 Å². The van der Waals surface area contributed by atoms with Gasteiger partial charge in [0.25, 0.3) is 5.91 Å². The molecule has 0 aromatic heterocycles. The molecule has 0 aliphatic rings. The van der Waals surface area contributed by atoms with Crippen LogP contribution < -0.4 is 10.1 Å². The van der Waals surface area contributed by atoms with E-state index in [0.29, 0.717) is 17.2 Å². The fourth-order valence-corrected chi connectivity index (χ4v) is 4.45. The summed E-state index contributed by atoms with van der Waals surface area (Å²) in [5.41, 5.74) is 2.98. The van der Waals surface area contributed by atoms with Crippen molar-refractivity contribution in [2.75, 3.05) is 6.61 Å². The predicted octanol–water partition coefficient (Wildman–Crippen LogP) is 5.95. The molecular formula is C28H30BrClN2O3. The second-order valence-corrected chi connectivity index (χ2v) is 10.0. The van der Waals surface area contributed by atoms with Gasteiger partial charge in [0.2, 0.25) is 5.91 Å². The van der Waals surface area contributed by atoms with E-state index in [2.05, 4.69) is 21.2 Å². The molecule has 3 rings (SSSR count). The van der Waals surface area contributed by atoms with Gasteiger partial charge in [0.1, 0.15) is 11.8 Å². The van der Waals surface area contributed by atoms with Gasteiger partial charge in [-0.2, -0.15) is 0 Å². The maximum absolute atomic E-state index is 13.6. The normalized spacial score (nSPS) is 11.7. The minimum atomic E-state index is -0.712. The molecule has 0 saturated carbocycles. The number of benzene rings is 3. The zero-order valence-corrected chi connectivity index (χ0v) is 22.5. The summed E-state index contributed by atoms with van der Waals surface area (Å²) >= 11 is 9.65. The minimum Gasteiger partial charge on any atom is -0.482 e. The summed E-state index contributed by atoms with van der Waals surface area (Å²) in [6, 6.07) is 22.0. The van der Waals surface area contributed by atoms with E-state index in [-0.39, 0.29) is 31.0 Å². The zero-order valence-electron chi connectivity index (χ0n) is 20.1. The number of hydrogen-bond acceptors (Lipinski definition) is 3. The summed E-state index contributed by atoms with van der Waals surface area (Å²) < 4.78 is 6.60.